The van der Waals surface area contributed by atoms with Gasteiger partial charge < -0.3 is 10.6 Å². The number of halogens is 4. The number of nitrogens with one attached hydrogen (secondary N) is 2. The van der Waals surface area contributed by atoms with Gasteiger partial charge in [-0.2, -0.15) is 0 Å². The molecular weight excluding hydrogens is 366 g/mol. The van der Waals surface area contributed by atoms with E-state index in [1.54, 1.807) is 30.1 Å². The average Bonchev–Trinajstić information content (AvgIpc) is 2.62. The van der Waals surface area contributed by atoms with Crippen molar-refractivity contribution in [1.29, 1.82) is 0 Å². The van der Waals surface area contributed by atoms with E-state index in [9.17, 15) is 27.2 Å². The van der Waals surface area contributed by atoms with E-state index in [1.165, 1.54) is 6.07 Å². The largest absolute Gasteiger partial charge is 0.346 e. The van der Waals surface area contributed by atoms with Gasteiger partial charge in [-0.05, 0) is 25.2 Å². The molecule has 2 aromatic rings. The minimum absolute atomic E-state index is 0.110. The third kappa shape index (κ3) is 5.78. The van der Waals surface area contributed by atoms with Crippen LogP contribution in [0.1, 0.15) is 5.56 Å². The highest BCUT2D eigenvalue weighted by Crippen LogP contribution is 2.19. The summed E-state index contributed by atoms with van der Waals surface area (Å²) in [4.78, 5) is 25.1. The topological polar surface area (TPSA) is 61.4 Å². The van der Waals surface area contributed by atoms with Gasteiger partial charge in [-0.25, -0.2) is 17.6 Å². The van der Waals surface area contributed by atoms with E-state index >= 15 is 0 Å². The molecule has 9 heteroatoms. The van der Waals surface area contributed by atoms with Crippen molar-refractivity contribution in [1.82, 2.24) is 10.2 Å². The molecule has 0 atom stereocenters. The Labute approximate surface area is 153 Å². The van der Waals surface area contributed by atoms with Crippen molar-refractivity contribution in [2.75, 3.05) is 25.5 Å². The van der Waals surface area contributed by atoms with Crippen LogP contribution in [0, 0.1) is 23.3 Å². The third-order valence-corrected chi connectivity index (χ3v) is 3.57. The summed E-state index contributed by atoms with van der Waals surface area (Å²) in [7, 11) is 1.60. The summed E-state index contributed by atoms with van der Waals surface area (Å²) in [5.74, 6) is -6.33. The highest BCUT2D eigenvalue weighted by Gasteiger charge is 2.16. The molecule has 2 aromatic carbocycles. The molecule has 0 saturated carbocycles. The van der Waals surface area contributed by atoms with E-state index in [0.29, 0.717) is 11.6 Å². The maximum absolute atomic E-state index is 13.6. The summed E-state index contributed by atoms with van der Waals surface area (Å²) in [6, 6.07) is 7.67. The smallest absolute Gasteiger partial charge is 0.243 e. The normalized spacial score (nSPS) is 10.7. The van der Waals surface area contributed by atoms with Crippen LogP contribution in [0.5, 0.6) is 0 Å². The Morgan fingerprint density at radius 1 is 0.926 bits per heavy atom. The van der Waals surface area contributed by atoms with Crippen molar-refractivity contribution in [3.63, 3.8) is 0 Å². The summed E-state index contributed by atoms with van der Waals surface area (Å²) < 4.78 is 53.0. The predicted molar refractivity (Wildman–Crippen MR) is 90.7 cm³/mol. The number of carbonyl (C=O) groups is 2. The molecule has 144 valence electrons. The lowest BCUT2D eigenvalue weighted by molar-refractivity contribution is -0.124. The molecule has 0 unspecified atom stereocenters. The fourth-order valence-corrected chi connectivity index (χ4v) is 2.27. The molecule has 2 rings (SSSR count). The lowest BCUT2D eigenvalue weighted by Crippen LogP contribution is -2.39. The Balaban J connectivity index is 1.80. The van der Waals surface area contributed by atoms with Crippen molar-refractivity contribution in [3.8, 4) is 0 Å². The summed E-state index contributed by atoms with van der Waals surface area (Å²) in [6.07, 6.45) is 0. The summed E-state index contributed by atoms with van der Waals surface area (Å²) in [5.41, 5.74) is -0.121. The quantitative estimate of drug-likeness (QED) is 0.570. The van der Waals surface area contributed by atoms with Gasteiger partial charge in [-0.1, -0.05) is 18.2 Å². The van der Waals surface area contributed by atoms with Crippen LogP contribution in [0.25, 0.3) is 0 Å². The molecule has 0 aliphatic heterocycles. The number of likely N-dealkylation sites (N-methyl/N-ethyl adjacent to an activating group) is 1. The first-order valence-corrected chi connectivity index (χ1v) is 7.90. The minimum Gasteiger partial charge on any atom is -0.346 e. The summed E-state index contributed by atoms with van der Waals surface area (Å²) in [6.45, 7) is -0.418. The molecule has 0 spiro atoms. The Bertz CT molecular complexity index is 845. The van der Waals surface area contributed by atoms with Crippen molar-refractivity contribution in [2.24, 2.45) is 0 Å². The summed E-state index contributed by atoms with van der Waals surface area (Å²) in [5, 5.41) is 4.34. The van der Waals surface area contributed by atoms with Gasteiger partial charge in [0, 0.05) is 12.1 Å². The summed E-state index contributed by atoms with van der Waals surface area (Å²) >= 11 is 0. The monoisotopic (exact) mass is 383 g/mol. The fourth-order valence-electron chi connectivity index (χ4n) is 2.27. The first-order chi connectivity index (χ1) is 12.8. The van der Waals surface area contributed by atoms with Crippen LogP contribution in [0.3, 0.4) is 0 Å². The second kappa shape index (κ2) is 9.13. The van der Waals surface area contributed by atoms with Crippen molar-refractivity contribution < 1.29 is 27.2 Å². The van der Waals surface area contributed by atoms with Crippen molar-refractivity contribution in [2.45, 2.75) is 6.54 Å². The molecule has 0 bridgehead atoms. The molecular formula is C18H17F4N3O2. The molecule has 0 radical (unpaired) electrons. The van der Waals surface area contributed by atoms with Crippen LogP contribution in [0.2, 0.25) is 0 Å². The van der Waals surface area contributed by atoms with Gasteiger partial charge in [0.25, 0.3) is 0 Å². The maximum Gasteiger partial charge on any atom is 0.243 e. The van der Waals surface area contributed by atoms with E-state index in [2.05, 4.69) is 5.32 Å². The van der Waals surface area contributed by atoms with E-state index < -0.39 is 47.3 Å². The molecule has 27 heavy (non-hydrogen) atoms. The number of hydrogen-bond acceptors (Lipinski definition) is 3. The van der Waals surface area contributed by atoms with Crippen LogP contribution in [0.15, 0.2) is 36.4 Å². The van der Waals surface area contributed by atoms with Crippen LogP contribution < -0.4 is 10.6 Å². The highest BCUT2D eigenvalue weighted by atomic mass is 19.2. The van der Waals surface area contributed by atoms with Crippen molar-refractivity contribution in [3.05, 3.63) is 65.2 Å². The Morgan fingerprint density at radius 3 is 2.33 bits per heavy atom. The molecule has 5 nitrogen and oxygen atoms in total. The number of amides is 2. The molecule has 0 fully saturated rings. The Morgan fingerprint density at radius 2 is 1.63 bits per heavy atom. The van der Waals surface area contributed by atoms with Gasteiger partial charge in [0.05, 0.1) is 18.8 Å². The van der Waals surface area contributed by atoms with E-state index in [-0.39, 0.29) is 13.1 Å². The number of anilines is 1. The highest BCUT2D eigenvalue weighted by molar-refractivity contribution is 5.94. The number of carbonyl (C=O) groups excluding carboxylic acids is 2. The SMILES string of the molecule is CN(CC(=O)NCC(=O)Nc1ccc(F)c(F)c1F)Cc1ccccc1F. The second-order valence-corrected chi connectivity index (χ2v) is 5.81. The number of rotatable bonds is 7. The van der Waals surface area contributed by atoms with Gasteiger partial charge in [0.1, 0.15) is 5.82 Å². The van der Waals surface area contributed by atoms with Gasteiger partial charge in [-0.3, -0.25) is 14.5 Å². The first-order valence-electron chi connectivity index (χ1n) is 7.90. The standard InChI is InChI=1S/C18H17F4N3O2/c1-25(9-11-4-2-3-5-12(11)19)10-16(27)23-8-15(26)24-14-7-6-13(20)17(21)18(14)22/h2-7H,8-10H2,1H3,(H,23,27)(H,24,26). The van der Waals surface area contributed by atoms with Crippen LogP contribution in [-0.2, 0) is 16.1 Å². The number of nitrogens with zero attached hydrogens (tertiary/aromatic N) is 1. The second-order valence-electron chi connectivity index (χ2n) is 5.81. The Hall–Kier alpha value is -2.94. The molecule has 0 heterocycles. The first kappa shape index (κ1) is 20.4. The number of hydrogen-bond donors (Lipinski definition) is 2. The minimum atomic E-state index is -1.70. The van der Waals surface area contributed by atoms with E-state index in [4.69, 9.17) is 0 Å². The Kier molecular flexibility index (Phi) is 6.89. The zero-order chi connectivity index (χ0) is 20.0. The van der Waals surface area contributed by atoms with Gasteiger partial charge in [0.15, 0.2) is 17.5 Å². The average molecular weight is 383 g/mol. The van der Waals surface area contributed by atoms with E-state index in [1.807, 2.05) is 5.32 Å². The van der Waals surface area contributed by atoms with E-state index in [0.717, 1.165) is 6.07 Å². The maximum atomic E-state index is 13.6. The van der Waals surface area contributed by atoms with Crippen LogP contribution in [0.4, 0.5) is 23.2 Å². The predicted octanol–water partition coefficient (Wildman–Crippen LogP) is 2.43. The van der Waals surface area contributed by atoms with Gasteiger partial charge in [0.2, 0.25) is 11.8 Å². The van der Waals surface area contributed by atoms with Gasteiger partial charge >= 0.3 is 0 Å². The zero-order valence-electron chi connectivity index (χ0n) is 14.4. The van der Waals surface area contributed by atoms with Crippen LogP contribution in [-0.4, -0.2) is 36.9 Å². The fraction of sp³-hybridized carbons (Fsp3) is 0.222. The van der Waals surface area contributed by atoms with Crippen LogP contribution >= 0.6 is 0 Å². The molecule has 0 aliphatic rings. The molecule has 2 N–H and O–H groups in total. The number of benzene rings is 2. The molecule has 0 aromatic heterocycles. The molecule has 0 saturated heterocycles. The van der Waals surface area contributed by atoms with Crippen molar-refractivity contribution >= 4 is 17.5 Å². The lowest BCUT2D eigenvalue weighted by atomic mass is 10.2. The van der Waals surface area contributed by atoms with Gasteiger partial charge in [-0.15, -0.1) is 0 Å². The zero-order valence-corrected chi connectivity index (χ0v) is 14.4. The molecule has 0 aliphatic carbocycles. The molecule has 2 amide bonds. The lowest BCUT2D eigenvalue weighted by Gasteiger charge is -2.16. The third-order valence-electron chi connectivity index (χ3n) is 3.57.